The van der Waals surface area contributed by atoms with Gasteiger partial charge in [-0.1, -0.05) is 0 Å². The molecule has 0 spiro atoms. The quantitative estimate of drug-likeness (QED) is 0.683. The molecule has 0 aliphatic rings. The fourth-order valence-corrected chi connectivity index (χ4v) is 0.820. The van der Waals surface area contributed by atoms with Crippen molar-refractivity contribution in [3.63, 3.8) is 0 Å². The summed E-state index contributed by atoms with van der Waals surface area (Å²) in [5, 5.41) is 17.3. The number of pyridine rings is 1. The maximum atomic E-state index is 12.1. The van der Waals surface area contributed by atoms with Crippen LogP contribution in [0.15, 0.2) is 10.9 Å². The van der Waals surface area contributed by atoms with Crippen LogP contribution in [0.2, 0.25) is 0 Å². The van der Waals surface area contributed by atoms with Gasteiger partial charge in [0.25, 0.3) is 6.43 Å². The molecule has 1 heterocycles. The van der Waals surface area contributed by atoms with Crippen LogP contribution in [0.4, 0.5) is 8.78 Å². The molecule has 0 unspecified atom stereocenters. The van der Waals surface area contributed by atoms with Crippen LogP contribution in [0.5, 0.6) is 5.75 Å². The summed E-state index contributed by atoms with van der Waals surface area (Å²) in [6.45, 7) is 0. The van der Waals surface area contributed by atoms with Gasteiger partial charge in [-0.15, -0.1) is 0 Å². The second-order valence-electron chi connectivity index (χ2n) is 2.23. The van der Waals surface area contributed by atoms with Crippen molar-refractivity contribution in [3.8, 4) is 11.8 Å². The van der Waals surface area contributed by atoms with Crippen molar-refractivity contribution in [3.05, 3.63) is 27.7 Å². The van der Waals surface area contributed by atoms with Crippen molar-refractivity contribution in [2.75, 3.05) is 0 Å². The van der Waals surface area contributed by atoms with Gasteiger partial charge in [0.2, 0.25) is 5.56 Å². The van der Waals surface area contributed by atoms with Gasteiger partial charge in [-0.3, -0.25) is 4.79 Å². The van der Waals surface area contributed by atoms with Gasteiger partial charge in [0.05, 0.1) is 5.56 Å². The largest absolute Gasteiger partial charge is 0.505 e. The van der Waals surface area contributed by atoms with Gasteiger partial charge in [0.15, 0.2) is 11.4 Å². The van der Waals surface area contributed by atoms with Gasteiger partial charge in [-0.05, 0) is 0 Å². The fourth-order valence-electron chi connectivity index (χ4n) is 0.820. The van der Waals surface area contributed by atoms with Gasteiger partial charge in [-0.25, -0.2) is 8.78 Å². The Labute approximate surface area is 71.1 Å². The monoisotopic (exact) mass is 186 g/mol. The van der Waals surface area contributed by atoms with Crippen LogP contribution in [0.1, 0.15) is 17.7 Å². The Hall–Kier alpha value is -1.90. The lowest BCUT2D eigenvalue weighted by molar-refractivity contribution is 0.147. The van der Waals surface area contributed by atoms with Gasteiger partial charge in [-0.2, -0.15) is 5.26 Å². The summed E-state index contributed by atoms with van der Waals surface area (Å²) in [5.74, 6) is -0.878. The number of halogens is 2. The lowest BCUT2D eigenvalue weighted by Gasteiger charge is -2.02. The summed E-state index contributed by atoms with van der Waals surface area (Å²) in [6, 6.07) is 1.95. The summed E-state index contributed by atoms with van der Waals surface area (Å²) in [4.78, 5) is 12.6. The second-order valence-corrected chi connectivity index (χ2v) is 2.23. The molecule has 0 atom stereocenters. The molecule has 0 bridgehead atoms. The van der Waals surface area contributed by atoms with E-state index in [0.29, 0.717) is 6.07 Å². The molecule has 1 aromatic heterocycles. The number of aromatic hydroxyl groups is 1. The third-order valence-corrected chi connectivity index (χ3v) is 1.39. The molecule has 4 nitrogen and oxygen atoms in total. The highest BCUT2D eigenvalue weighted by atomic mass is 19.3. The number of aromatic nitrogens is 1. The molecule has 1 rings (SSSR count). The average molecular weight is 186 g/mol. The van der Waals surface area contributed by atoms with Crippen LogP contribution in [-0.2, 0) is 0 Å². The minimum atomic E-state index is -2.98. The first-order valence-electron chi connectivity index (χ1n) is 3.20. The van der Waals surface area contributed by atoms with Crippen molar-refractivity contribution in [1.82, 2.24) is 4.98 Å². The summed E-state index contributed by atoms with van der Waals surface area (Å²) in [7, 11) is 0. The zero-order valence-corrected chi connectivity index (χ0v) is 6.21. The molecule has 0 aromatic carbocycles. The van der Waals surface area contributed by atoms with Gasteiger partial charge < -0.3 is 10.1 Å². The van der Waals surface area contributed by atoms with Crippen LogP contribution >= 0.6 is 0 Å². The summed E-state index contributed by atoms with van der Waals surface area (Å²) in [6.07, 6.45) is -2.98. The summed E-state index contributed by atoms with van der Waals surface area (Å²) >= 11 is 0. The van der Waals surface area contributed by atoms with Crippen LogP contribution in [0.25, 0.3) is 0 Å². The van der Waals surface area contributed by atoms with E-state index in [1.807, 2.05) is 4.98 Å². The van der Waals surface area contributed by atoms with E-state index in [4.69, 9.17) is 10.4 Å². The molecule has 2 N–H and O–H groups in total. The van der Waals surface area contributed by atoms with Crippen LogP contribution in [0.3, 0.4) is 0 Å². The molecule has 0 aliphatic heterocycles. The number of H-pyrrole nitrogens is 1. The Morgan fingerprint density at radius 2 is 2.23 bits per heavy atom. The molecule has 0 aliphatic carbocycles. The van der Waals surface area contributed by atoms with E-state index in [1.165, 1.54) is 6.07 Å². The number of nitriles is 1. The van der Waals surface area contributed by atoms with Crippen molar-refractivity contribution in [2.24, 2.45) is 0 Å². The van der Waals surface area contributed by atoms with E-state index in [2.05, 4.69) is 0 Å². The lowest BCUT2D eigenvalue weighted by Crippen LogP contribution is -2.08. The smallest absolute Gasteiger partial charge is 0.267 e. The lowest BCUT2D eigenvalue weighted by atomic mass is 10.2. The molecular formula is C7H4F2N2O2. The molecule has 0 amide bonds. The number of aromatic amines is 1. The number of hydrogen-bond acceptors (Lipinski definition) is 3. The minimum Gasteiger partial charge on any atom is -0.505 e. The van der Waals surface area contributed by atoms with Crippen molar-refractivity contribution < 1.29 is 13.9 Å². The van der Waals surface area contributed by atoms with Gasteiger partial charge in [0, 0.05) is 6.07 Å². The Morgan fingerprint density at radius 3 is 2.69 bits per heavy atom. The first kappa shape index (κ1) is 9.19. The highest BCUT2D eigenvalue weighted by Crippen LogP contribution is 2.27. The Bertz CT molecular complexity index is 419. The van der Waals surface area contributed by atoms with Crippen LogP contribution in [0, 0.1) is 11.3 Å². The van der Waals surface area contributed by atoms with E-state index in [0.717, 1.165) is 0 Å². The third kappa shape index (κ3) is 1.64. The van der Waals surface area contributed by atoms with E-state index in [1.54, 1.807) is 0 Å². The average Bonchev–Trinajstić information content (AvgIpc) is 2.08. The zero-order valence-electron chi connectivity index (χ0n) is 6.21. The van der Waals surface area contributed by atoms with Crippen LogP contribution in [-0.4, -0.2) is 10.1 Å². The fraction of sp³-hybridized carbons (Fsp3) is 0.143. The summed E-state index contributed by atoms with van der Waals surface area (Å²) < 4.78 is 24.2. The Balaban J connectivity index is 3.47. The molecule has 13 heavy (non-hydrogen) atoms. The van der Waals surface area contributed by atoms with Crippen molar-refractivity contribution in [1.29, 1.82) is 5.26 Å². The van der Waals surface area contributed by atoms with E-state index in [9.17, 15) is 13.6 Å². The van der Waals surface area contributed by atoms with Crippen molar-refractivity contribution >= 4 is 0 Å². The molecule has 1 aromatic rings. The summed E-state index contributed by atoms with van der Waals surface area (Å²) in [5.41, 5.74) is -2.23. The predicted octanol–water partition coefficient (Wildman–Crippen LogP) is 0.890. The SMILES string of the molecule is N#Cc1[nH]c(=O)cc(C(F)F)c1O. The zero-order chi connectivity index (χ0) is 10.0. The molecule has 0 saturated heterocycles. The topological polar surface area (TPSA) is 76.9 Å². The number of rotatable bonds is 1. The predicted molar refractivity (Wildman–Crippen MR) is 38.4 cm³/mol. The molecule has 0 fully saturated rings. The molecule has 68 valence electrons. The van der Waals surface area contributed by atoms with E-state index in [-0.39, 0.29) is 0 Å². The second kappa shape index (κ2) is 3.23. The molecule has 0 saturated carbocycles. The Morgan fingerprint density at radius 1 is 1.62 bits per heavy atom. The number of nitrogens with zero attached hydrogens (tertiary/aromatic N) is 1. The maximum absolute atomic E-state index is 12.1. The Kier molecular flexibility index (Phi) is 2.28. The number of hydrogen-bond donors (Lipinski definition) is 2. The molecule has 6 heteroatoms. The van der Waals surface area contributed by atoms with Crippen LogP contribution < -0.4 is 5.56 Å². The van der Waals surface area contributed by atoms with E-state index >= 15 is 0 Å². The number of nitrogens with one attached hydrogen (secondary N) is 1. The first-order valence-corrected chi connectivity index (χ1v) is 3.20. The highest BCUT2D eigenvalue weighted by molar-refractivity contribution is 5.42. The molecular weight excluding hydrogens is 182 g/mol. The standard InChI is InChI=1S/C7H4F2N2O2/c8-7(9)3-1-5(12)11-4(2-10)6(3)13/h1,7,13H,(H,11,12). The highest BCUT2D eigenvalue weighted by Gasteiger charge is 2.17. The first-order chi connectivity index (χ1) is 6.06. The van der Waals surface area contributed by atoms with Gasteiger partial charge in [0.1, 0.15) is 6.07 Å². The minimum absolute atomic E-state index is 0.553. The van der Waals surface area contributed by atoms with Crippen molar-refractivity contribution in [2.45, 2.75) is 6.43 Å². The number of alkyl halides is 2. The molecule has 0 radical (unpaired) electrons. The van der Waals surface area contributed by atoms with Gasteiger partial charge >= 0.3 is 0 Å². The third-order valence-electron chi connectivity index (χ3n) is 1.39. The normalized spacial score (nSPS) is 10.0. The van der Waals surface area contributed by atoms with E-state index < -0.39 is 29.0 Å². The maximum Gasteiger partial charge on any atom is 0.267 e.